The van der Waals surface area contributed by atoms with Crippen LogP contribution in [0.4, 0.5) is 0 Å². The summed E-state index contributed by atoms with van der Waals surface area (Å²) in [5, 5.41) is 16.9. The van der Waals surface area contributed by atoms with Crippen LogP contribution in [-0.4, -0.2) is 11.7 Å². The van der Waals surface area contributed by atoms with Crippen molar-refractivity contribution in [2.24, 2.45) is 0 Å². The van der Waals surface area contributed by atoms with Crippen molar-refractivity contribution < 1.29 is 5.11 Å². The second kappa shape index (κ2) is 4.87. The summed E-state index contributed by atoms with van der Waals surface area (Å²) < 4.78 is 0. The summed E-state index contributed by atoms with van der Waals surface area (Å²) in [7, 11) is 0. The standard InChI is InChI=1S/C20H16O/c21-12-11-14-9-10-19-17-7-2-1-5-15(17)16-6-3-4-8-18(16)20(19)13-14/h1-10,13,21H,11-12H2. The van der Waals surface area contributed by atoms with Gasteiger partial charge in [-0.05, 0) is 44.3 Å². The Bertz CT molecular complexity index is 918. The Morgan fingerprint density at radius 1 is 0.571 bits per heavy atom. The van der Waals surface area contributed by atoms with E-state index in [1.54, 1.807) is 0 Å². The van der Waals surface area contributed by atoms with E-state index in [4.69, 9.17) is 0 Å². The minimum atomic E-state index is 0.191. The van der Waals surface area contributed by atoms with E-state index in [1.165, 1.54) is 37.9 Å². The minimum Gasteiger partial charge on any atom is -0.396 e. The molecule has 0 fully saturated rings. The van der Waals surface area contributed by atoms with E-state index in [0.717, 1.165) is 0 Å². The Hall–Kier alpha value is -2.38. The van der Waals surface area contributed by atoms with E-state index < -0.39 is 0 Å². The van der Waals surface area contributed by atoms with Crippen molar-refractivity contribution in [2.75, 3.05) is 6.61 Å². The van der Waals surface area contributed by atoms with Crippen molar-refractivity contribution in [3.63, 3.8) is 0 Å². The maximum absolute atomic E-state index is 9.18. The van der Waals surface area contributed by atoms with Gasteiger partial charge < -0.3 is 5.11 Å². The third-order valence-electron chi connectivity index (χ3n) is 4.21. The summed E-state index contributed by atoms with van der Waals surface area (Å²) in [5.74, 6) is 0. The topological polar surface area (TPSA) is 20.2 Å². The lowest BCUT2D eigenvalue weighted by molar-refractivity contribution is 0.299. The van der Waals surface area contributed by atoms with Gasteiger partial charge in [0.25, 0.3) is 0 Å². The zero-order valence-electron chi connectivity index (χ0n) is 11.7. The average molecular weight is 272 g/mol. The average Bonchev–Trinajstić information content (AvgIpc) is 2.55. The Morgan fingerprint density at radius 3 is 1.57 bits per heavy atom. The van der Waals surface area contributed by atoms with Gasteiger partial charge in [0.15, 0.2) is 0 Å². The lowest BCUT2D eigenvalue weighted by Gasteiger charge is -2.11. The molecule has 4 rings (SSSR count). The minimum absolute atomic E-state index is 0.191. The summed E-state index contributed by atoms with van der Waals surface area (Å²) in [5.41, 5.74) is 1.19. The van der Waals surface area contributed by atoms with Crippen LogP contribution in [0.25, 0.3) is 32.3 Å². The first-order valence-corrected chi connectivity index (χ1v) is 7.31. The second-order valence-electron chi connectivity index (χ2n) is 5.44. The molecule has 4 aromatic carbocycles. The number of hydrogen-bond donors (Lipinski definition) is 1. The molecule has 4 aromatic rings. The normalized spacial score (nSPS) is 11.5. The Labute approximate surface area is 123 Å². The zero-order valence-corrected chi connectivity index (χ0v) is 11.7. The van der Waals surface area contributed by atoms with Crippen molar-refractivity contribution in [1.82, 2.24) is 0 Å². The van der Waals surface area contributed by atoms with Crippen molar-refractivity contribution in [1.29, 1.82) is 0 Å². The van der Waals surface area contributed by atoms with Crippen LogP contribution in [0.1, 0.15) is 5.56 Å². The molecule has 1 heteroatoms. The van der Waals surface area contributed by atoms with Gasteiger partial charge in [0, 0.05) is 6.61 Å². The molecule has 0 aliphatic heterocycles. The van der Waals surface area contributed by atoms with Gasteiger partial charge >= 0.3 is 0 Å². The molecule has 0 radical (unpaired) electrons. The molecule has 1 N–H and O–H groups in total. The van der Waals surface area contributed by atoms with Gasteiger partial charge in [0.2, 0.25) is 0 Å². The van der Waals surface area contributed by atoms with Crippen molar-refractivity contribution in [2.45, 2.75) is 6.42 Å². The van der Waals surface area contributed by atoms with Gasteiger partial charge in [-0.2, -0.15) is 0 Å². The maximum atomic E-state index is 9.18. The fraction of sp³-hybridized carbons (Fsp3) is 0.100. The first-order valence-electron chi connectivity index (χ1n) is 7.31. The van der Waals surface area contributed by atoms with Crippen LogP contribution in [0, 0.1) is 0 Å². The highest BCUT2D eigenvalue weighted by molar-refractivity contribution is 6.25. The lowest BCUT2D eigenvalue weighted by Crippen LogP contribution is -1.91. The summed E-state index contributed by atoms with van der Waals surface area (Å²) in [6.07, 6.45) is 0.705. The Morgan fingerprint density at radius 2 is 1.05 bits per heavy atom. The fourth-order valence-corrected chi connectivity index (χ4v) is 3.24. The van der Waals surface area contributed by atoms with E-state index >= 15 is 0 Å². The van der Waals surface area contributed by atoms with Crippen molar-refractivity contribution in [3.05, 3.63) is 72.3 Å². The molecule has 0 saturated heterocycles. The smallest absolute Gasteiger partial charge is 0.0471 e. The number of benzene rings is 4. The molecule has 0 spiro atoms. The molecule has 0 heterocycles. The summed E-state index contributed by atoms with van der Waals surface area (Å²) in [4.78, 5) is 0. The molecule has 0 bridgehead atoms. The molecule has 0 atom stereocenters. The van der Waals surface area contributed by atoms with Crippen LogP contribution in [0.3, 0.4) is 0 Å². The largest absolute Gasteiger partial charge is 0.396 e. The van der Waals surface area contributed by atoms with E-state index in [1.807, 2.05) is 0 Å². The second-order valence-corrected chi connectivity index (χ2v) is 5.44. The fourth-order valence-electron chi connectivity index (χ4n) is 3.24. The molecule has 0 amide bonds. The third-order valence-corrected chi connectivity index (χ3v) is 4.21. The number of fused-ring (bicyclic) bond motifs is 6. The van der Waals surface area contributed by atoms with Crippen LogP contribution in [-0.2, 0) is 6.42 Å². The van der Waals surface area contributed by atoms with Crippen LogP contribution < -0.4 is 0 Å². The monoisotopic (exact) mass is 272 g/mol. The van der Waals surface area contributed by atoms with Gasteiger partial charge in [-0.15, -0.1) is 0 Å². The highest BCUT2D eigenvalue weighted by Crippen LogP contribution is 2.35. The van der Waals surface area contributed by atoms with Gasteiger partial charge in [0.05, 0.1) is 0 Å². The predicted octanol–water partition coefficient (Wildman–Crippen LogP) is 4.68. The van der Waals surface area contributed by atoms with E-state index in [0.29, 0.717) is 6.42 Å². The zero-order chi connectivity index (χ0) is 14.2. The molecule has 0 saturated carbocycles. The van der Waals surface area contributed by atoms with E-state index in [-0.39, 0.29) is 6.61 Å². The molecule has 0 aliphatic rings. The summed E-state index contributed by atoms with van der Waals surface area (Å²) in [6.45, 7) is 0.191. The SMILES string of the molecule is OCCc1ccc2c3ccccc3c3ccccc3c2c1. The summed E-state index contributed by atoms with van der Waals surface area (Å²) >= 11 is 0. The lowest BCUT2D eigenvalue weighted by atomic mass is 9.93. The van der Waals surface area contributed by atoms with Crippen LogP contribution in [0.2, 0.25) is 0 Å². The highest BCUT2D eigenvalue weighted by atomic mass is 16.2. The van der Waals surface area contributed by atoms with Crippen molar-refractivity contribution in [3.8, 4) is 0 Å². The third kappa shape index (κ3) is 1.90. The number of aliphatic hydroxyl groups is 1. The van der Waals surface area contributed by atoms with Gasteiger partial charge in [-0.3, -0.25) is 0 Å². The number of aliphatic hydroxyl groups excluding tert-OH is 1. The number of rotatable bonds is 2. The van der Waals surface area contributed by atoms with E-state index in [2.05, 4.69) is 66.7 Å². The highest BCUT2D eigenvalue weighted by Gasteiger charge is 2.08. The Balaban J connectivity index is 2.24. The van der Waals surface area contributed by atoms with Gasteiger partial charge in [-0.25, -0.2) is 0 Å². The molecule has 102 valence electrons. The quantitative estimate of drug-likeness (QED) is 0.525. The van der Waals surface area contributed by atoms with Gasteiger partial charge in [0.1, 0.15) is 0 Å². The van der Waals surface area contributed by atoms with E-state index in [9.17, 15) is 5.11 Å². The van der Waals surface area contributed by atoms with Crippen LogP contribution >= 0.6 is 0 Å². The molecule has 21 heavy (non-hydrogen) atoms. The molecule has 1 nitrogen and oxygen atoms in total. The van der Waals surface area contributed by atoms with Gasteiger partial charge in [-0.1, -0.05) is 66.7 Å². The van der Waals surface area contributed by atoms with Crippen LogP contribution in [0.15, 0.2) is 66.7 Å². The van der Waals surface area contributed by atoms with Crippen LogP contribution in [0.5, 0.6) is 0 Å². The molecular formula is C20H16O. The predicted molar refractivity (Wildman–Crippen MR) is 89.7 cm³/mol. The summed E-state index contributed by atoms with van der Waals surface area (Å²) in [6, 6.07) is 23.7. The first-order chi connectivity index (χ1) is 10.4. The molecule has 0 unspecified atom stereocenters. The molecule has 0 aliphatic carbocycles. The molecular weight excluding hydrogens is 256 g/mol. The Kier molecular flexibility index (Phi) is 2.87. The first kappa shape index (κ1) is 12.4. The number of hydrogen-bond acceptors (Lipinski definition) is 1. The maximum Gasteiger partial charge on any atom is 0.0471 e. The van der Waals surface area contributed by atoms with Crippen molar-refractivity contribution >= 4 is 32.3 Å². The molecule has 0 aromatic heterocycles.